The molecule has 1 atom stereocenters. The van der Waals surface area contributed by atoms with Gasteiger partial charge in [0.15, 0.2) is 0 Å². The van der Waals surface area contributed by atoms with E-state index in [2.05, 4.69) is 21.2 Å². The Hall–Kier alpha value is -2.89. The SMILES string of the molecule is COc1cccc(-c2cc(C(=O)NC(C)c3ccc(Cl)cc3)c3cc(Br)ccc3n2)c1. The Morgan fingerprint density at radius 2 is 1.84 bits per heavy atom. The number of fused-ring (bicyclic) bond motifs is 1. The van der Waals surface area contributed by atoms with Crippen LogP contribution in [0.4, 0.5) is 0 Å². The van der Waals surface area contributed by atoms with Crippen LogP contribution in [0, 0.1) is 0 Å². The molecule has 0 saturated heterocycles. The van der Waals surface area contributed by atoms with Gasteiger partial charge < -0.3 is 10.1 Å². The van der Waals surface area contributed by atoms with Crippen LogP contribution in [-0.4, -0.2) is 18.0 Å². The summed E-state index contributed by atoms with van der Waals surface area (Å²) in [6, 6.07) is 22.5. The molecule has 4 aromatic rings. The number of ether oxygens (including phenoxy) is 1. The minimum Gasteiger partial charge on any atom is -0.497 e. The van der Waals surface area contributed by atoms with Gasteiger partial charge in [-0.1, -0.05) is 51.8 Å². The van der Waals surface area contributed by atoms with Crippen LogP contribution < -0.4 is 10.1 Å². The number of nitrogens with one attached hydrogen (secondary N) is 1. The normalized spacial score (nSPS) is 11.9. The van der Waals surface area contributed by atoms with E-state index in [1.165, 1.54) is 0 Å². The number of carbonyl (C=O) groups excluding carboxylic acids is 1. The Labute approximate surface area is 194 Å². The molecular weight excluding hydrogens is 476 g/mol. The number of amides is 1. The third-order valence-corrected chi connectivity index (χ3v) is 5.84. The Morgan fingerprint density at radius 1 is 1.06 bits per heavy atom. The van der Waals surface area contributed by atoms with E-state index in [0.717, 1.165) is 32.3 Å². The molecule has 0 spiro atoms. The second-order valence-corrected chi connectivity index (χ2v) is 8.55. The fraction of sp³-hybridized carbons (Fsp3) is 0.120. The third-order valence-electron chi connectivity index (χ3n) is 5.10. The fourth-order valence-electron chi connectivity index (χ4n) is 3.43. The lowest BCUT2D eigenvalue weighted by molar-refractivity contribution is 0.0941. The highest BCUT2D eigenvalue weighted by atomic mass is 79.9. The van der Waals surface area contributed by atoms with Crippen LogP contribution in [-0.2, 0) is 0 Å². The van der Waals surface area contributed by atoms with Crippen molar-refractivity contribution < 1.29 is 9.53 Å². The maximum absolute atomic E-state index is 13.3. The van der Waals surface area contributed by atoms with Crippen molar-refractivity contribution >= 4 is 44.3 Å². The highest BCUT2D eigenvalue weighted by molar-refractivity contribution is 9.10. The molecule has 0 radical (unpaired) electrons. The number of carbonyl (C=O) groups is 1. The highest BCUT2D eigenvalue weighted by Crippen LogP contribution is 2.29. The van der Waals surface area contributed by atoms with Gasteiger partial charge in [0.1, 0.15) is 5.75 Å². The molecule has 0 fully saturated rings. The number of hydrogen-bond donors (Lipinski definition) is 1. The van der Waals surface area contributed by atoms with E-state index in [0.29, 0.717) is 16.3 Å². The molecule has 6 heteroatoms. The predicted octanol–water partition coefficient (Wildman–Crippen LogP) is 6.82. The molecule has 4 rings (SSSR count). The summed E-state index contributed by atoms with van der Waals surface area (Å²) in [5, 5.41) is 4.54. The summed E-state index contributed by atoms with van der Waals surface area (Å²) >= 11 is 9.49. The molecule has 1 amide bonds. The van der Waals surface area contributed by atoms with Crippen molar-refractivity contribution in [2.45, 2.75) is 13.0 Å². The smallest absolute Gasteiger partial charge is 0.252 e. The summed E-state index contributed by atoms with van der Waals surface area (Å²) in [4.78, 5) is 18.1. The van der Waals surface area contributed by atoms with E-state index >= 15 is 0 Å². The standard InChI is InChI=1S/C25H20BrClN2O2/c1-15(16-6-9-19(27)10-7-16)28-25(30)22-14-24(17-4-3-5-20(12-17)31-2)29-23-11-8-18(26)13-21(22)23/h3-15H,1-2H3,(H,28,30). The molecule has 0 saturated carbocycles. The Kier molecular flexibility index (Phi) is 6.25. The first kappa shape index (κ1) is 21.3. The molecule has 0 bridgehead atoms. The summed E-state index contributed by atoms with van der Waals surface area (Å²) in [6.45, 7) is 1.95. The van der Waals surface area contributed by atoms with Crippen LogP contribution in [0.3, 0.4) is 0 Å². The van der Waals surface area contributed by atoms with Crippen molar-refractivity contribution in [2.24, 2.45) is 0 Å². The molecule has 0 aliphatic rings. The second-order valence-electron chi connectivity index (χ2n) is 7.20. The quantitative estimate of drug-likeness (QED) is 0.330. The zero-order chi connectivity index (χ0) is 22.0. The van der Waals surface area contributed by atoms with Crippen LogP contribution >= 0.6 is 27.5 Å². The maximum Gasteiger partial charge on any atom is 0.252 e. The van der Waals surface area contributed by atoms with Crippen molar-refractivity contribution in [1.29, 1.82) is 0 Å². The van der Waals surface area contributed by atoms with Crippen LogP contribution in [0.5, 0.6) is 5.75 Å². The van der Waals surface area contributed by atoms with E-state index in [-0.39, 0.29) is 11.9 Å². The lowest BCUT2D eigenvalue weighted by atomic mass is 10.0. The number of rotatable bonds is 5. The number of nitrogens with zero attached hydrogens (tertiary/aromatic N) is 1. The third kappa shape index (κ3) is 4.73. The number of hydrogen-bond acceptors (Lipinski definition) is 3. The minimum absolute atomic E-state index is 0.169. The topological polar surface area (TPSA) is 51.2 Å². The van der Waals surface area contributed by atoms with Gasteiger partial charge in [-0.05, 0) is 61.0 Å². The van der Waals surface area contributed by atoms with Crippen LogP contribution in [0.2, 0.25) is 5.02 Å². The average Bonchev–Trinajstić information content (AvgIpc) is 2.78. The number of methoxy groups -OCH3 is 1. The molecule has 0 aliphatic carbocycles. The van der Waals surface area contributed by atoms with E-state index in [4.69, 9.17) is 21.3 Å². The number of benzene rings is 3. The molecule has 1 unspecified atom stereocenters. The summed E-state index contributed by atoms with van der Waals surface area (Å²) < 4.78 is 6.23. The first-order valence-electron chi connectivity index (χ1n) is 9.75. The van der Waals surface area contributed by atoms with Gasteiger partial charge in [0.2, 0.25) is 0 Å². The van der Waals surface area contributed by atoms with Gasteiger partial charge in [-0.3, -0.25) is 4.79 Å². The molecular formula is C25H20BrClN2O2. The van der Waals surface area contributed by atoms with E-state index < -0.39 is 0 Å². The number of halogens is 2. The van der Waals surface area contributed by atoms with Gasteiger partial charge >= 0.3 is 0 Å². The first-order chi connectivity index (χ1) is 14.9. The summed E-state index contributed by atoms with van der Waals surface area (Å²) in [5.41, 5.74) is 3.87. The lowest BCUT2D eigenvalue weighted by Gasteiger charge is -2.16. The van der Waals surface area contributed by atoms with Crippen LogP contribution in [0.15, 0.2) is 77.3 Å². The van der Waals surface area contributed by atoms with Crippen molar-refractivity contribution in [2.75, 3.05) is 7.11 Å². The average molecular weight is 496 g/mol. The Morgan fingerprint density at radius 3 is 2.58 bits per heavy atom. The van der Waals surface area contributed by atoms with E-state index in [1.54, 1.807) is 7.11 Å². The van der Waals surface area contributed by atoms with Crippen LogP contribution in [0.1, 0.15) is 28.9 Å². The fourth-order valence-corrected chi connectivity index (χ4v) is 3.91. The van der Waals surface area contributed by atoms with Crippen molar-refractivity contribution in [3.63, 3.8) is 0 Å². The maximum atomic E-state index is 13.3. The molecule has 1 N–H and O–H groups in total. The molecule has 1 aromatic heterocycles. The largest absolute Gasteiger partial charge is 0.497 e. The van der Waals surface area contributed by atoms with Crippen molar-refractivity contribution in [3.05, 3.63) is 93.4 Å². The lowest BCUT2D eigenvalue weighted by Crippen LogP contribution is -2.27. The van der Waals surface area contributed by atoms with Crippen molar-refractivity contribution in [1.82, 2.24) is 10.3 Å². The number of pyridine rings is 1. The van der Waals surface area contributed by atoms with Gasteiger partial charge in [0.05, 0.1) is 29.9 Å². The first-order valence-corrected chi connectivity index (χ1v) is 10.9. The number of aromatic nitrogens is 1. The molecule has 31 heavy (non-hydrogen) atoms. The van der Waals surface area contributed by atoms with Gasteiger partial charge in [-0.25, -0.2) is 4.98 Å². The van der Waals surface area contributed by atoms with E-state index in [9.17, 15) is 4.79 Å². The molecule has 4 nitrogen and oxygen atoms in total. The minimum atomic E-state index is -0.180. The second kappa shape index (κ2) is 9.08. The summed E-state index contributed by atoms with van der Waals surface area (Å²) in [7, 11) is 1.63. The summed E-state index contributed by atoms with van der Waals surface area (Å²) in [6.07, 6.45) is 0. The molecule has 1 heterocycles. The zero-order valence-corrected chi connectivity index (χ0v) is 19.4. The van der Waals surface area contributed by atoms with Gasteiger partial charge in [0, 0.05) is 20.4 Å². The predicted molar refractivity (Wildman–Crippen MR) is 129 cm³/mol. The van der Waals surface area contributed by atoms with Crippen LogP contribution in [0.25, 0.3) is 22.2 Å². The Bertz CT molecular complexity index is 1260. The zero-order valence-electron chi connectivity index (χ0n) is 17.0. The summed E-state index contributed by atoms with van der Waals surface area (Å²) in [5.74, 6) is 0.565. The molecule has 0 aliphatic heterocycles. The molecule has 156 valence electrons. The monoisotopic (exact) mass is 494 g/mol. The van der Waals surface area contributed by atoms with Gasteiger partial charge in [-0.2, -0.15) is 0 Å². The van der Waals surface area contributed by atoms with Crippen molar-refractivity contribution in [3.8, 4) is 17.0 Å². The Balaban J connectivity index is 1.76. The van der Waals surface area contributed by atoms with Gasteiger partial charge in [-0.15, -0.1) is 0 Å². The molecule has 3 aromatic carbocycles. The van der Waals surface area contributed by atoms with Gasteiger partial charge in [0.25, 0.3) is 5.91 Å². The highest BCUT2D eigenvalue weighted by Gasteiger charge is 2.17. The van der Waals surface area contributed by atoms with E-state index in [1.807, 2.05) is 79.7 Å².